The summed E-state index contributed by atoms with van der Waals surface area (Å²) >= 11 is 1.07. The monoisotopic (exact) mass is 689 g/mol. The van der Waals surface area contributed by atoms with Crippen LogP contribution in [0.25, 0.3) is 0 Å². The average Bonchev–Trinajstić information content (AvgIpc) is 3.53. The highest BCUT2D eigenvalue weighted by molar-refractivity contribution is 7.92. The standard InChI is InChI=1S/C34H51N5O6S2/c1-33(2,3)38-30(41)26-17-23-14-10-11-15-24(23)19-39(26)20-27(40)25(16-22-12-8-7-9-13-22)36-32(43)29(34(4,5)47(6,44)45)37-31(42)28-18-35-21-46-28/h7-9,12-13,18,21,23-27,29,40H,10-11,14-17,19-20H2,1-6H3,(H,36,43)(H,37,42)(H,38,41). The number of hydrogen-bond donors (Lipinski definition) is 4. The third-order valence-corrected chi connectivity index (χ3v) is 12.6. The van der Waals surface area contributed by atoms with Crippen LogP contribution in [0.3, 0.4) is 0 Å². The van der Waals surface area contributed by atoms with E-state index in [0.29, 0.717) is 24.8 Å². The highest BCUT2D eigenvalue weighted by Crippen LogP contribution is 2.39. The van der Waals surface area contributed by atoms with Crippen molar-refractivity contribution in [3.63, 3.8) is 0 Å². The number of rotatable bonds is 12. The zero-order valence-electron chi connectivity index (χ0n) is 28.4. The van der Waals surface area contributed by atoms with Crippen molar-refractivity contribution in [2.24, 2.45) is 11.8 Å². The molecule has 4 rings (SSSR count). The molecule has 1 aromatic heterocycles. The van der Waals surface area contributed by atoms with E-state index in [1.165, 1.54) is 25.6 Å². The lowest BCUT2D eigenvalue weighted by molar-refractivity contribution is -0.133. The van der Waals surface area contributed by atoms with Gasteiger partial charge in [0.15, 0.2) is 9.84 Å². The number of hydrogen-bond acceptors (Lipinski definition) is 9. The van der Waals surface area contributed by atoms with Gasteiger partial charge >= 0.3 is 0 Å². The van der Waals surface area contributed by atoms with Crippen LogP contribution in [0.4, 0.5) is 0 Å². The first-order valence-corrected chi connectivity index (χ1v) is 19.2. The number of piperidine rings is 1. The van der Waals surface area contributed by atoms with Crippen LogP contribution in [0.1, 0.15) is 82.0 Å². The number of aliphatic hydroxyl groups is 1. The van der Waals surface area contributed by atoms with Crippen LogP contribution in [0, 0.1) is 11.8 Å². The Labute approximate surface area is 283 Å². The Morgan fingerprint density at radius 2 is 1.70 bits per heavy atom. The molecular weight excluding hydrogens is 639 g/mol. The number of amides is 3. The van der Waals surface area contributed by atoms with Gasteiger partial charge in [0.2, 0.25) is 11.8 Å². The third kappa shape index (κ3) is 9.61. The van der Waals surface area contributed by atoms with Gasteiger partial charge in [-0.3, -0.25) is 24.3 Å². The number of β-amino-alcohol motifs (C(OH)–C–C–N with tert-alkyl or cyclic N) is 1. The Bertz CT molecular complexity index is 1480. The first-order chi connectivity index (χ1) is 22.0. The molecule has 1 aromatic carbocycles. The topological polar surface area (TPSA) is 158 Å². The number of nitrogens with zero attached hydrogens (tertiary/aromatic N) is 2. The first kappa shape index (κ1) is 37.0. The molecule has 0 spiro atoms. The number of aromatic nitrogens is 1. The van der Waals surface area contributed by atoms with Crippen molar-refractivity contribution in [1.82, 2.24) is 25.8 Å². The fraction of sp³-hybridized carbons (Fsp3) is 0.647. The Morgan fingerprint density at radius 1 is 1.04 bits per heavy atom. The molecule has 3 amide bonds. The van der Waals surface area contributed by atoms with Crippen LogP contribution in [-0.4, -0.2) is 95.0 Å². The van der Waals surface area contributed by atoms with Crippen molar-refractivity contribution in [2.45, 2.75) is 108 Å². The zero-order chi connectivity index (χ0) is 34.6. The van der Waals surface area contributed by atoms with Crippen LogP contribution in [0.5, 0.6) is 0 Å². The highest BCUT2D eigenvalue weighted by atomic mass is 32.2. The number of thiazole rings is 1. The normalized spacial score (nSPS) is 22.7. The van der Waals surface area contributed by atoms with Gasteiger partial charge in [-0.2, -0.15) is 0 Å². The Hall–Kier alpha value is -2.87. The number of sulfone groups is 1. The fourth-order valence-corrected chi connectivity index (χ4v) is 7.83. The molecule has 260 valence electrons. The number of likely N-dealkylation sites (tertiary alicyclic amines) is 1. The second kappa shape index (κ2) is 15.1. The summed E-state index contributed by atoms with van der Waals surface area (Å²) in [5.41, 5.74) is 1.92. The van der Waals surface area contributed by atoms with E-state index in [4.69, 9.17) is 0 Å². The highest BCUT2D eigenvalue weighted by Gasteiger charge is 2.46. The molecule has 6 atom stereocenters. The largest absolute Gasteiger partial charge is 0.390 e. The summed E-state index contributed by atoms with van der Waals surface area (Å²) in [5, 5.41) is 20.5. The number of aliphatic hydroxyl groups excluding tert-OH is 1. The number of carbonyl (C=O) groups is 3. The second-order valence-corrected chi connectivity index (χ2v) is 18.3. The van der Waals surface area contributed by atoms with Crippen LogP contribution in [-0.2, 0) is 25.8 Å². The van der Waals surface area contributed by atoms with Crippen molar-refractivity contribution in [3.8, 4) is 0 Å². The molecule has 0 bridgehead atoms. The number of benzene rings is 1. The van der Waals surface area contributed by atoms with Crippen molar-refractivity contribution in [2.75, 3.05) is 19.3 Å². The lowest BCUT2D eigenvalue weighted by Gasteiger charge is -2.47. The van der Waals surface area contributed by atoms with Gasteiger partial charge in [-0.25, -0.2) is 8.42 Å². The van der Waals surface area contributed by atoms with Gasteiger partial charge in [0, 0.05) is 24.9 Å². The van der Waals surface area contributed by atoms with Gasteiger partial charge in [-0.05, 0) is 71.3 Å². The van der Waals surface area contributed by atoms with Crippen LogP contribution in [0.2, 0.25) is 0 Å². The van der Waals surface area contributed by atoms with Gasteiger partial charge in [-0.15, -0.1) is 11.3 Å². The zero-order valence-corrected chi connectivity index (χ0v) is 30.0. The van der Waals surface area contributed by atoms with Crippen molar-refractivity contribution in [3.05, 3.63) is 52.5 Å². The minimum absolute atomic E-state index is 0.0712. The van der Waals surface area contributed by atoms with E-state index < -0.39 is 56.2 Å². The molecule has 11 nitrogen and oxygen atoms in total. The van der Waals surface area contributed by atoms with Gasteiger partial charge in [0.1, 0.15) is 10.9 Å². The van der Waals surface area contributed by atoms with E-state index in [1.807, 2.05) is 51.1 Å². The molecule has 4 N–H and O–H groups in total. The van der Waals surface area contributed by atoms with E-state index in [-0.39, 0.29) is 23.7 Å². The molecule has 2 fully saturated rings. The van der Waals surface area contributed by atoms with Crippen LogP contribution < -0.4 is 16.0 Å². The lowest BCUT2D eigenvalue weighted by atomic mass is 9.72. The second-order valence-electron chi connectivity index (χ2n) is 14.8. The number of carbonyl (C=O) groups excluding carboxylic acids is 3. The fourth-order valence-electron chi connectivity index (χ4n) is 6.71. The lowest BCUT2D eigenvalue weighted by Crippen LogP contribution is -2.64. The van der Waals surface area contributed by atoms with Crippen molar-refractivity contribution in [1.29, 1.82) is 0 Å². The number of nitrogens with one attached hydrogen (secondary N) is 3. The molecule has 1 aliphatic heterocycles. The molecule has 1 aliphatic carbocycles. The van der Waals surface area contributed by atoms with Crippen LogP contribution >= 0.6 is 11.3 Å². The number of fused-ring (bicyclic) bond motifs is 1. The predicted molar refractivity (Wildman–Crippen MR) is 184 cm³/mol. The van der Waals surface area contributed by atoms with Gasteiger partial charge in [0.25, 0.3) is 5.91 Å². The maximum Gasteiger partial charge on any atom is 0.263 e. The molecule has 1 saturated carbocycles. The van der Waals surface area contributed by atoms with Gasteiger partial charge < -0.3 is 21.1 Å². The summed E-state index contributed by atoms with van der Waals surface area (Å²) in [5.74, 6) is -0.537. The van der Waals surface area contributed by atoms with Crippen molar-refractivity contribution >= 4 is 38.9 Å². The molecule has 2 aromatic rings. The maximum atomic E-state index is 14.1. The summed E-state index contributed by atoms with van der Waals surface area (Å²) in [4.78, 5) is 47.0. The summed E-state index contributed by atoms with van der Waals surface area (Å²) in [7, 11) is -3.84. The van der Waals surface area contributed by atoms with Crippen molar-refractivity contribution < 1.29 is 27.9 Å². The molecule has 1 saturated heterocycles. The summed E-state index contributed by atoms with van der Waals surface area (Å²) in [6.07, 6.45) is 6.72. The van der Waals surface area contributed by atoms with E-state index in [9.17, 15) is 27.9 Å². The van der Waals surface area contributed by atoms with Gasteiger partial charge in [0.05, 0.1) is 34.6 Å². The predicted octanol–water partition coefficient (Wildman–Crippen LogP) is 2.95. The molecule has 13 heteroatoms. The van der Waals surface area contributed by atoms with E-state index >= 15 is 0 Å². The molecule has 0 radical (unpaired) electrons. The average molecular weight is 690 g/mol. The van der Waals surface area contributed by atoms with E-state index in [0.717, 1.165) is 48.8 Å². The molecular formula is C34H51N5O6S2. The minimum atomic E-state index is -3.84. The SMILES string of the molecule is CC(C)(C)NC(=O)C1CC2CCCCC2CN1CC(O)C(Cc1ccccc1)NC(=O)C(NC(=O)c1cncs1)C(C)(C)S(C)(=O)=O. The Kier molecular flexibility index (Phi) is 11.9. The minimum Gasteiger partial charge on any atom is -0.390 e. The smallest absolute Gasteiger partial charge is 0.263 e. The van der Waals surface area contributed by atoms with E-state index in [2.05, 4.69) is 25.8 Å². The molecule has 47 heavy (non-hydrogen) atoms. The summed E-state index contributed by atoms with van der Waals surface area (Å²) < 4.78 is 24.2. The Morgan fingerprint density at radius 3 is 2.30 bits per heavy atom. The van der Waals surface area contributed by atoms with E-state index in [1.54, 1.807) is 0 Å². The summed E-state index contributed by atoms with van der Waals surface area (Å²) in [6.45, 7) is 9.45. The molecule has 2 heterocycles. The first-order valence-electron chi connectivity index (χ1n) is 16.4. The molecule has 2 aliphatic rings. The maximum absolute atomic E-state index is 14.1. The Balaban J connectivity index is 1.62. The van der Waals surface area contributed by atoms with Crippen LogP contribution in [0.15, 0.2) is 42.0 Å². The van der Waals surface area contributed by atoms with Gasteiger partial charge in [-0.1, -0.05) is 49.6 Å². The summed E-state index contributed by atoms with van der Waals surface area (Å²) in [6, 6.07) is 6.65. The quantitative estimate of drug-likeness (QED) is 0.265. The third-order valence-electron chi connectivity index (χ3n) is 9.66. The molecule has 6 unspecified atom stereocenters.